The van der Waals surface area contributed by atoms with Crippen LogP contribution in [0, 0.1) is 0 Å². The molecule has 0 aliphatic rings. The van der Waals surface area contributed by atoms with Gasteiger partial charge in [-0.1, -0.05) is 34.6 Å². The van der Waals surface area contributed by atoms with E-state index in [0.29, 0.717) is 11.5 Å². The normalized spacial score (nSPS) is 12.2. The zero-order chi connectivity index (χ0) is 17.7. The third-order valence-corrected chi connectivity index (χ3v) is 4.26. The molecule has 2 aromatic heterocycles. The molecule has 0 unspecified atom stereocenters. The number of anilines is 1. The third-order valence-electron chi connectivity index (χ3n) is 4.26. The van der Waals surface area contributed by atoms with Gasteiger partial charge in [0.25, 0.3) is 0 Å². The summed E-state index contributed by atoms with van der Waals surface area (Å²) in [4.78, 5) is 19.0. The van der Waals surface area contributed by atoms with Gasteiger partial charge in [-0.05, 0) is 32.5 Å². The largest absolute Gasteiger partial charge is 0.367 e. The fraction of sp³-hybridized carbons (Fsp3) is 0.706. The van der Waals surface area contributed by atoms with E-state index in [2.05, 4.69) is 60.0 Å². The van der Waals surface area contributed by atoms with Crippen LogP contribution in [0.4, 0.5) is 5.82 Å². The first kappa shape index (κ1) is 18.4. The van der Waals surface area contributed by atoms with Gasteiger partial charge in [-0.3, -0.25) is 0 Å². The van der Waals surface area contributed by atoms with Crippen molar-refractivity contribution in [1.29, 1.82) is 0 Å². The SMILES string of the molecule is CCN(CC)CCCCNc1nc(C(C)(C)C)cn2c(=O)[nH]nc12. The van der Waals surface area contributed by atoms with Gasteiger partial charge < -0.3 is 10.2 Å². The van der Waals surface area contributed by atoms with Crippen molar-refractivity contribution in [2.45, 2.75) is 52.9 Å². The quantitative estimate of drug-likeness (QED) is 0.724. The highest BCUT2D eigenvalue weighted by atomic mass is 16.1. The summed E-state index contributed by atoms with van der Waals surface area (Å²) in [6, 6.07) is 0. The van der Waals surface area contributed by atoms with Crippen molar-refractivity contribution in [2.24, 2.45) is 0 Å². The van der Waals surface area contributed by atoms with Crippen LogP contribution in [0.5, 0.6) is 0 Å². The zero-order valence-electron chi connectivity index (χ0n) is 15.5. The number of H-pyrrole nitrogens is 1. The smallest absolute Gasteiger partial charge is 0.347 e. The lowest BCUT2D eigenvalue weighted by atomic mass is 9.93. The molecule has 0 radical (unpaired) electrons. The molecule has 2 rings (SSSR count). The van der Waals surface area contributed by atoms with E-state index in [9.17, 15) is 4.79 Å². The van der Waals surface area contributed by atoms with E-state index in [1.165, 1.54) is 4.40 Å². The maximum atomic E-state index is 11.9. The van der Waals surface area contributed by atoms with E-state index >= 15 is 0 Å². The lowest BCUT2D eigenvalue weighted by molar-refractivity contribution is 0.298. The Balaban J connectivity index is 2.07. The maximum Gasteiger partial charge on any atom is 0.347 e. The molecule has 0 aromatic carbocycles. The molecular weight excluding hydrogens is 304 g/mol. The van der Waals surface area contributed by atoms with Crippen molar-refractivity contribution in [3.8, 4) is 0 Å². The summed E-state index contributed by atoms with van der Waals surface area (Å²) < 4.78 is 1.53. The number of rotatable bonds is 8. The Morgan fingerprint density at radius 3 is 2.58 bits per heavy atom. The number of unbranched alkanes of at least 4 members (excludes halogenated alkanes) is 1. The summed E-state index contributed by atoms with van der Waals surface area (Å²) >= 11 is 0. The molecule has 0 aliphatic heterocycles. The lowest BCUT2D eigenvalue weighted by Crippen LogP contribution is -2.24. The van der Waals surface area contributed by atoms with Gasteiger partial charge in [0.05, 0.1) is 5.69 Å². The van der Waals surface area contributed by atoms with Crippen LogP contribution in [0.2, 0.25) is 0 Å². The van der Waals surface area contributed by atoms with Crippen LogP contribution in [-0.4, -0.2) is 50.7 Å². The van der Waals surface area contributed by atoms with Gasteiger partial charge in [-0.15, -0.1) is 5.10 Å². The molecule has 0 amide bonds. The predicted octanol–water partition coefficient (Wildman–Crippen LogP) is 2.25. The van der Waals surface area contributed by atoms with Gasteiger partial charge in [0, 0.05) is 18.2 Å². The highest BCUT2D eigenvalue weighted by Crippen LogP contribution is 2.22. The summed E-state index contributed by atoms with van der Waals surface area (Å²) in [6.07, 6.45) is 3.96. The second-order valence-corrected chi connectivity index (χ2v) is 7.11. The predicted molar refractivity (Wildman–Crippen MR) is 97.8 cm³/mol. The molecule has 0 aliphatic carbocycles. The second-order valence-electron chi connectivity index (χ2n) is 7.11. The van der Waals surface area contributed by atoms with Gasteiger partial charge >= 0.3 is 5.69 Å². The molecule has 134 valence electrons. The zero-order valence-corrected chi connectivity index (χ0v) is 15.5. The molecule has 7 nitrogen and oxygen atoms in total. The van der Waals surface area contributed by atoms with Crippen LogP contribution in [0.3, 0.4) is 0 Å². The van der Waals surface area contributed by atoms with Crippen molar-refractivity contribution in [1.82, 2.24) is 24.5 Å². The van der Waals surface area contributed by atoms with Crippen LogP contribution in [0.15, 0.2) is 11.0 Å². The maximum absolute atomic E-state index is 11.9. The number of hydrogen-bond donors (Lipinski definition) is 2. The summed E-state index contributed by atoms with van der Waals surface area (Å²) in [5.74, 6) is 0.670. The van der Waals surface area contributed by atoms with Crippen LogP contribution in [0.25, 0.3) is 5.65 Å². The molecular formula is C17H30N6O. The highest BCUT2D eigenvalue weighted by molar-refractivity contribution is 5.62. The summed E-state index contributed by atoms with van der Waals surface area (Å²) in [6.45, 7) is 14.7. The second kappa shape index (κ2) is 7.79. The van der Waals surface area contributed by atoms with Crippen LogP contribution < -0.4 is 11.0 Å². The topological polar surface area (TPSA) is 78.3 Å². The van der Waals surface area contributed by atoms with Gasteiger partial charge in [-0.2, -0.15) is 0 Å². The van der Waals surface area contributed by atoms with E-state index in [0.717, 1.165) is 44.7 Å². The average molecular weight is 334 g/mol. The van der Waals surface area contributed by atoms with Gasteiger partial charge in [0.15, 0.2) is 5.82 Å². The molecule has 2 heterocycles. The van der Waals surface area contributed by atoms with Gasteiger partial charge in [-0.25, -0.2) is 19.3 Å². The first-order valence-electron chi connectivity index (χ1n) is 8.81. The molecule has 0 fully saturated rings. The number of nitrogens with one attached hydrogen (secondary N) is 2. The molecule has 24 heavy (non-hydrogen) atoms. The van der Waals surface area contributed by atoms with E-state index in [1.54, 1.807) is 6.20 Å². The molecule has 2 N–H and O–H groups in total. The number of aromatic amines is 1. The van der Waals surface area contributed by atoms with Crippen molar-refractivity contribution in [2.75, 3.05) is 31.5 Å². The Morgan fingerprint density at radius 2 is 1.96 bits per heavy atom. The Morgan fingerprint density at radius 1 is 1.25 bits per heavy atom. The molecule has 0 saturated carbocycles. The fourth-order valence-corrected chi connectivity index (χ4v) is 2.60. The molecule has 0 spiro atoms. The Labute approximate surface area is 143 Å². The summed E-state index contributed by atoms with van der Waals surface area (Å²) in [7, 11) is 0. The van der Waals surface area contributed by atoms with Crippen LogP contribution >= 0.6 is 0 Å². The minimum atomic E-state index is -0.234. The fourth-order valence-electron chi connectivity index (χ4n) is 2.60. The van der Waals surface area contributed by atoms with Crippen molar-refractivity contribution in [3.63, 3.8) is 0 Å². The average Bonchev–Trinajstić information content (AvgIpc) is 2.91. The number of fused-ring (bicyclic) bond motifs is 1. The molecule has 2 aromatic rings. The molecule has 0 saturated heterocycles. The minimum Gasteiger partial charge on any atom is -0.367 e. The van der Waals surface area contributed by atoms with Gasteiger partial charge in [0.2, 0.25) is 5.65 Å². The standard InChI is InChI=1S/C17H30N6O/c1-6-22(7-2)11-9-8-10-18-14-15-20-21-16(24)23(15)12-13(19-14)17(3,4)5/h12H,6-11H2,1-5H3,(H,18,19)(H,21,24). The van der Waals surface area contributed by atoms with Crippen LogP contribution in [0.1, 0.15) is 53.2 Å². The highest BCUT2D eigenvalue weighted by Gasteiger charge is 2.19. The summed E-state index contributed by atoms with van der Waals surface area (Å²) in [5, 5.41) is 9.94. The Hall–Kier alpha value is -1.89. The first-order valence-corrected chi connectivity index (χ1v) is 8.81. The van der Waals surface area contributed by atoms with Gasteiger partial charge in [0.1, 0.15) is 0 Å². The Kier molecular flexibility index (Phi) is 5.99. The van der Waals surface area contributed by atoms with E-state index in [-0.39, 0.29) is 11.1 Å². The molecule has 0 atom stereocenters. The van der Waals surface area contributed by atoms with E-state index in [1.807, 2.05) is 0 Å². The van der Waals surface area contributed by atoms with Crippen molar-refractivity contribution >= 4 is 11.5 Å². The molecule has 0 bridgehead atoms. The Bertz CT molecular complexity index is 708. The van der Waals surface area contributed by atoms with Crippen molar-refractivity contribution in [3.05, 3.63) is 22.4 Å². The molecule has 7 heteroatoms. The van der Waals surface area contributed by atoms with Crippen LogP contribution in [-0.2, 0) is 5.41 Å². The van der Waals surface area contributed by atoms with E-state index in [4.69, 9.17) is 0 Å². The lowest BCUT2D eigenvalue weighted by Gasteiger charge is -2.19. The summed E-state index contributed by atoms with van der Waals surface area (Å²) in [5.41, 5.74) is 1.05. The monoisotopic (exact) mass is 334 g/mol. The number of aromatic nitrogens is 4. The third kappa shape index (κ3) is 4.35. The minimum absolute atomic E-state index is 0.135. The number of hydrogen-bond acceptors (Lipinski definition) is 5. The number of nitrogens with zero attached hydrogens (tertiary/aromatic N) is 4. The van der Waals surface area contributed by atoms with E-state index < -0.39 is 0 Å². The van der Waals surface area contributed by atoms with Crippen molar-refractivity contribution < 1.29 is 0 Å². The first-order chi connectivity index (χ1) is 11.4.